The van der Waals surface area contributed by atoms with Gasteiger partial charge in [0.05, 0.1) is 31.3 Å². The number of halogens is 6. The first-order chi connectivity index (χ1) is 18.6. The number of carbonyl (C=O) groups is 1. The standard InChI is InChI=1S/C25H20Cl3F3N4O2S2/c26-15-7-16(27)23(17(28)8-15)20-9-18(34-37-20)19-12-38-24(33-19)13-3-5-35(6-4-13)22(11-36)39-21-2-1-14(10-32-21)25(29,30)31/h1-2,7-8,10-13,20,22H,3-6,9H2/t20-,22?/m1/s1. The molecule has 14 heteroatoms. The number of rotatable bonds is 7. The lowest BCUT2D eigenvalue weighted by Crippen LogP contribution is -2.40. The maximum Gasteiger partial charge on any atom is 0.417 e. The molecule has 1 unspecified atom stereocenters. The van der Waals surface area contributed by atoms with Crippen LogP contribution in [0, 0.1) is 0 Å². The average Bonchev–Trinajstić information content (AvgIpc) is 3.57. The summed E-state index contributed by atoms with van der Waals surface area (Å²) in [7, 11) is 0. The maximum atomic E-state index is 12.8. The monoisotopic (exact) mass is 634 g/mol. The van der Waals surface area contributed by atoms with Gasteiger partial charge in [0.15, 0.2) is 6.10 Å². The number of thioether (sulfide) groups is 1. The van der Waals surface area contributed by atoms with Crippen LogP contribution in [0.25, 0.3) is 0 Å². The van der Waals surface area contributed by atoms with Crippen molar-refractivity contribution in [2.45, 2.75) is 47.9 Å². The van der Waals surface area contributed by atoms with Crippen molar-refractivity contribution in [2.75, 3.05) is 13.1 Å². The molecule has 6 nitrogen and oxygen atoms in total. The Labute approximate surface area is 245 Å². The first-order valence-corrected chi connectivity index (χ1v) is 14.7. The second-order valence-corrected chi connectivity index (χ2v) is 12.3. The zero-order valence-electron chi connectivity index (χ0n) is 20.0. The largest absolute Gasteiger partial charge is 0.417 e. The Balaban J connectivity index is 1.17. The molecule has 0 saturated carbocycles. The van der Waals surface area contributed by atoms with Gasteiger partial charge in [0.1, 0.15) is 17.4 Å². The molecule has 2 aliphatic rings. The van der Waals surface area contributed by atoms with E-state index < -0.39 is 23.2 Å². The molecule has 5 rings (SSSR count). The number of piperidine rings is 1. The number of carbonyl (C=O) groups excluding carboxylic acids is 1. The van der Waals surface area contributed by atoms with Crippen LogP contribution in [0.4, 0.5) is 13.2 Å². The van der Waals surface area contributed by atoms with Crippen molar-refractivity contribution < 1.29 is 22.8 Å². The third-order valence-electron chi connectivity index (χ3n) is 6.51. The van der Waals surface area contributed by atoms with E-state index in [-0.39, 0.29) is 5.92 Å². The van der Waals surface area contributed by atoms with E-state index in [4.69, 9.17) is 44.6 Å². The number of alkyl halides is 3. The quantitative estimate of drug-likeness (QED) is 0.194. The van der Waals surface area contributed by atoms with E-state index in [2.05, 4.69) is 10.1 Å². The summed E-state index contributed by atoms with van der Waals surface area (Å²) < 4.78 is 38.4. The van der Waals surface area contributed by atoms with Gasteiger partial charge in [-0.3, -0.25) is 4.90 Å². The lowest BCUT2D eigenvalue weighted by Gasteiger charge is -2.34. The van der Waals surface area contributed by atoms with Crippen LogP contribution >= 0.6 is 57.9 Å². The minimum absolute atomic E-state index is 0.223. The van der Waals surface area contributed by atoms with Gasteiger partial charge in [-0.2, -0.15) is 13.2 Å². The van der Waals surface area contributed by atoms with E-state index in [1.54, 1.807) is 23.5 Å². The molecule has 2 aromatic heterocycles. The molecule has 0 N–H and O–H groups in total. The predicted octanol–water partition coefficient (Wildman–Crippen LogP) is 7.88. The fourth-order valence-corrected chi connectivity index (χ4v) is 7.47. The topological polar surface area (TPSA) is 67.7 Å². The Morgan fingerprint density at radius 2 is 1.87 bits per heavy atom. The van der Waals surface area contributed by atoms with E-state index >= 15 is 0 Å². The summed E-state index contributed by atoms with van der Waals surface area (Å²) in [6.07, 6.45) is -1.23. The zero-order valence-corrected chi connectivity index (χ0v) is 23.9. The molecule has 0 spiro atoms. The number of nitrogens with zero attached hydrogens (tertiary/aromatic N) is 4. The Bertz CT molecular complexity index is 1360. The number of aldehydes is 1. The maximum absolute atomic E-state index is 12.8. The molecule has 2 aliphatic heterocycles. The number of pyridine rings is 1. The molecule has 0 bridgehead atoms. The van der Waals surface area contributed by atoms with Gasteiger partial charge in [-0.15, -0.1) is 11.3 Å². The molecule has 0 radical (unpaired) electrons. The second kappa shape index (κ2) is 11.9. The molecule has 0 amide bonds. The average molecular weight is 636 g/mol. The van der Waals surface area contributed by atoms with Gasteiger partial charge in [-0.1, -0.05) is 51.7 Å². The van der Waals surface area contributed by atoms with Gasteiger partial charge in [-0.25, -0.2) is 9.97 Å². The SMILES string of the molecule is O=CC(Sc1ccc(C(F)(F)F)cn1)N1CCC(c2nc(C3=NO[C@@H](c4c(Cl)cc(Cl)cc4Cl)C3)cs2)CC1. The summed E-state index contributed by atoms with van der Waals surface area (Å²) in [5, 5.41) is 8.28. The molecule has 0 aliphatic carbocycles. The van der Waals surface area contributed by atoms with E-state index in [0.717, 1.165) is 53.9 Å². The molecular formula is C25H20Cl3F3N4O2S2. The molecule has 3 aromatic rings. The number of thiazole rings is 1. The molecule has 1 aromatic carbocycles. The van der Waals surface area contributed by atoms with Crippen LogP contribution in [0.5, 0.6) is 0 Å². The van der Waals surface area contributed by atoms with E-state index in [0.29, 0.717) is 50.9 Å². The number of hydrogen-bond donors (Lipinski definition) is 0. The van der Waals surface area contributed by atoms with Gasteiger partial charge in [-0.05, 0) is 37.1 Å². The summed E-state index contributed by atoms with van der Waals surface area (Å²) >= 11 is 21.4. The van der Waals surface area contributed by atoms with Crippen LogP contribution in [-0.4, -0.2) is 45.3 Å². The van der Waals surface area contributed by atoms with Crippen molar-refractivity contribution in [3.8, 4) is 0 Å². The number of likely N-dealkylation sites (tertiary alicyclic amines) is 1. The lowest BCUT2D eigenvalue weighted by atomic mass is 9.97. The van der Waals surface area contributed by atoms with Gasteiger partial charge in [0.25, 0.3) is 0 Å². The van der Waals surface area contributed by atoms with Gasteiger partial charge >= 0.3 is 6.18 Å². The van der Waals surface area contributed by atoms with Crippen LogP contribution in [0.2, 0.25) is 15.1 Å². The van der Waals surface area contributed by atoms with E-state index in [9.17, 15) is 18.0 Å². The highest BCUT2D eigenvalue weighted by molar-refractivity contribution is 8.00. The van der Waals surface area contributed by atoms with Crippen LogP contribution < -0.4 is 0 Å². The highest BCUT2D eigenvalue weighted by atomic mass is 35.5. The smallest absolute Gasteiger partial charge is 0.387 e. The Hall–Kier alpha value is -1.89. The van der Waals surface area contributed by atoms with Crippen molar-refractivity contribution in [1.29, 1.82) is 0 Å². The van der Waals surface area contributed by atoms with Crippen LogP contribution in [-0.2, 0) is 15.8 Å². The third-order valence-corrected chi connectivity index (χ3v) is 9.50. The lowest BCUT2D eigenvalue weighted by molar-refractivity contribution is -0.137. The minimum Gasteiger partial charge on any atom is -0.387 e. The number of aromatic nitrogens is 2. The molecule has 1 saturated heterocycles. The van der Waals surface area contributed by atoms with Crippen LogP contribution in [0.15, 0.2) is 46.0 Å². The molecule has 39 heavy (non-hydrogen) atoms. The highest BCUT2D eigenvalue weighted by Gasteiger charge is 2.33. The summed E-state index contributed by atoms with van der Waals surface area (Å²) in [4.78, 5) is 28.1. The van der Waals surface area contributed by atoms with Crippen LogP contribution in [0.1, 0.15) is 53.1 Å². The van der Waals surface area contributed by atoms with E-state index in [1.165, 1.54) is 6.07 Å². The van der Waals surface area contributed by atoms with Crippen molar-refractivity contribution in [1.82, 2.24) is 14.9 Å². The molecular weight excluding hydrogens is 616 g/mol. The molecule has 4 heterocycles. The Kier molecular flexibility index (Phi) is 8.75. The molecule has 2 atom stereocenters. The Morgan fingerprint density at radius 1 is 1.15 bits per heavy atom. The highest BCUT2D eigenvalue weighted by Crippen LogP contribution is 2.41. The van der Waals surface area contributed by atoms with Crippen LogP contribution in [0.3, 0.4) is 0 Å². The Morgan fingerprint density at radius 3 is 2.49 bits per heavy atom. The minimum atomic E-state index is -4.45. The van der Waals surface area contributed by atoms with Crippen molar-refractivity contribution >= 4 is 69.9 Å². The van der Waals surface area contributed by atoms with E-state index in [1.807, 2.05) is 10.3 Å². The van der Waals surface area contributed by atoms with Gasteiger partial charge in [0.2, 0.25) is 0 Å². The number of benzene rings is 1. The predicted molar refractivity (Wildman–Crippen MR) is 147 cm³/mol. The first-order valence-electron chi connectivity index (χ1n) is 11.8. The third kappa shape index (κ3) is 6.55. The second-order valence-electron chi connectivity index (χ2n) is 9.03. The van der Waals surface area contributed by atoms with Crippen molar-refractivity contribution in [2.24, 2.45) is 5.16 Å². The summed E-state index contributed by atoms with van der Waals surface area (Å²) in [5.74, 6) is 0.223. The zero-order chi connectivity index (χ0) is 27.7. The number of hydrogen-bond acceptors (Lipinski definition) is 8. The fourth-order valence-electron chi connectivity index (χ4n) is 4.48. The summed E-state index contributed by atoms with van der Waals surface area (Å²) in [6.45, 7) is 1.30. The molecule has 1 fully saturated rings. The molecule has 206 valence electrons. The normalized spacial score (nSPS) is 19.5. The number of oxime groups is 1. The summed E-state index contributed by atoms with van der Waals surface area (Å²) in [6, 6.07) is 5.51. The van der Waals surface area contributed by atoms with Gasteiger partial charge in [0, 0.05) is 47.6 Å². The fraction of sp³-hybridized carbons (Fsp3) is 0.360. The summed E-state index contributed by atoms with van der Waals surface area (Å²) in [5.41, 5.74) is 1.28. The first kappa shape index (κ1) is 28.6. The van der Waals surface area contributed by atoms with Crippen molar-refractivity contribution in [3.63, 3.8) is 0 Å². The van der Waals surface area contributed by atoms with Crippen molar-refractivity contribution in [3.05, 3.63) is 72.7 Å². The van der Waals surface area contributed by atoms with Gasteiger partial charge < -0.3 is 9.63 Å².